The largest absolute Gasteiger partial charge is 0.465 e. The molecule has 0 amide bonds. The van der Waals surface area contributed by atoms with Crippen LogP contribution in [0.4, 0.5) is 0 Å². The lowest BCUT2D eigenvalue weighted by Crippen LogP contribution is -2.31. The van der Waals surface area contributed by atoms with Crippen molar-refractivity contribution in [2.24, 2.45) is 0 Å². The molecule has 3 heteroatoms. The minimum atomic E-state index is -0.644. The van der Waals surface area contributed by atoms with Gasteiger partial charge in [-0.05, 0) is 51.5 Å². The van der Waals surface area contributed by atoms with E-state index in [4.69, 9.17) is 4.74 Å². The van der Waals surface area contributed by atoms with E-state index in [1.165, 1.54) is 0 Å². The summed E-state index contributed by atoms with van der Waals surface area (Å²) in [4.78, 5) is 16.5. The van der Waals surface area contributed by atoms with E-state index in [0.717, 1.165) is 22.2 Å². The summed E-state index contributed by atoms with van der Waals surface area (Å²) in [6.07, 6.45) is 0. The number of hydrogen-bond acceptors (Lipinski definition) is 3. The number of ether oxygens (including phenoxy) is 1. The van der Waals surface area contributed by atoms with Crippen molar-refractivity contribution in [2.75, 3.05) is 6.61 Å². The lowest BCUT2D eigenvalue weighted by Gasteiger charge is -2.23. The van der Waals surface area contributed by atoms with Gasteiger partial charge in [-0.3, -0.25) is 9.78 Å². The Morgan fingerprint density at radius 1 is 1.26 bits per heavy atom. The standard InChI is InChI=1S/C16H19NO2/c1-5-19-15(18)16(3,4)13-8-9-14-12(10-13)7-6-11(2)17-14/h6-10H,5H2,1-4H3. The van der Waals surface area contributed by atoms with Gasteiger partial charge in [0.2, 0.25) is 0 Å². The van der Waals surface area contributed by atoms with E-state index < -0.39 is 5.41 Å². The highest BCUT2D eigenvalue weighted by Gasteiger charge is 2.31. The second-order valence-corrected chi connectivity index (χ2v) is 5.21. The molecule has 19 heavy (non-hydrogen) atoms. The number of aryl methyl sites for hydroxylation is 1. The molecule has 0 saturated carbocycles. The van der Waals surface area contributed by atoms with Gasteiger partial charge in [0.25, 0.3) is 0 Å². The van der Waals surface area contributed by atoms with Gasteiger partial charge in [0.15, 0.2) is 0 Å². The van der Waals surface area contributed by atoms with E-state index >= 15 is 0 Å². The molecular formula is C16H19NO2. The Bertz CT molecular complexity index is 617. The number of rotatable bonds is 3. The monoisotopic (exact) mass is 257 g/mol. The summed E-state index contributed by atoms with van der Waals surface area (Å²) in [5.41, 5.74) is 2.24. The Morgan fingerprint density at radius 3 is 2.68 bits per heavy atom. The summed E-state index contributed by atoms with van der Waals surface area (Å²) in [6.45, 7) is 7.95. The molecule has 0 N–H and O–H groups in total. The minimum Gasteiger partial charge on any atom is -0.465 e. The lowest BCUT2D eigenvalue weighted by molar-refractivity contribution is -0.148. The zero-order valence-corrected chi connectivity index (χ0v) is 11.9. The molecule has 1 aromatic carbocycles. The van der Waals surface area contributed by atoms with E-state index in [1.807, 2.05) is 58.0 Å². The Kier molecular flexibility index (Phi) is 3.56. The van der Waals surface area contributed by atoms with Crippen LogP contribution < -0.4 is 0 Å². The maximum atomic E-state index is 12.0. The molecule has 0 fully saturated rings. The van der Waals surface area contributed by atoms with Crippen LogP contribution in [0.1, 0.15) is 32.0 Å². The number of carbonyl (C=O) groups is 1. The average Bonchev–Trinajstić information content (AvgIpc) is 2.38. The van der Waals surface area contributed by atoms with Gasteiger partial charge in [0, 0.05) is 11.1 Å². The normalized spacial score (nSPS) is 11.6. The number of esters is 1. The molecule has 0 aliphatic carbocycles. The minimum absolute atomic E-state index is 0.200. The van der Waals surface area contributed by atoms with Crippen molar-refractivity contribution in [3.8, 4) is 0 Å². The Morgan fingerprint density at radius 2 is 2.00 bits per heavy atom. The van der Waals surface area contributed by atoms with Crippen molar-refractivity contribution >= 4 is 16.9 Å². The highest BCUT2D eigenvalue weighted by Crippen LogP contribution is 2.27. The Hall–Kier alpha value is -1.90. The van der Waals surface area contributed by atoms with Crippen LogP contribution in [0.15, 0.2) is 30.3 Å². The van der Waals surface area contributed by atoms with Gasteiger partial charge in [-0.25, -0.2) is 0 Å². The van der Waals surface area contributed by atoms with Crippen molar-refractivity contribution in [3.63, 3.8) is 0 Å². The fourth-order valence-corrected chi connectivity index (χ4v) is 2.05. The first-order valence-electron chi connectivity index (χ1n) is 6.50. The first kappa shape index (κ1) is 13.5. The first-order chi connectivity index (χ1) is 8.95. The zero-order chi connectivity index (χ0) is 14.0. The van der Waals surface area contributed by atoms with Crippen molar-refractivity contribution in [1.29, 1.82) is 0 Å². The van der Waals surface area contributed by atoms with Gasteiger partial charge in [-0.2, -0.15) is 0 Å². The fraction of sp³-hybridized carbons (Fsp3) is 0.375. The molecule has 100 valence electrons. The van der Waals surface area contributed by atoms with Gasteiger partial charge in [0.05, 0.1) is 17.5 Å². The molecule has 3 nitrogen and oxygen atoms in total. The van der Waals surface area contributed by atoms with Crippen LogP contribution in [0.5, 0.6) is 0 Å². The summed E-state index contributed by atoms with van der Waals surface area (Å²) < 4.78 is 5.14. The molecule has 2 rings (SSSR count). The summed E-state index contributed by atoms with van der Waals surface area (Å²) >= 11 is 0. The van der Waals surface area contributed by atoms with Crippen LogP contribution in [0.3, 0.4) is 0 Å². The van der Waals surface area contributed by atoms with Gasteiger partial charge >= 0.3 is 5.97 Å². The number of fused-ring (bicyclic) bond motifs is 1. The smallest absolute Gasteiger partial charge is 0.315 e. The number of pyridine rings is 1. The maximum absolute atomic E-state index is 12.0. The van der Waals surface area contributed by atoms with E-state index in [-0.39, 0.29) is 5.97 Å². The van der Waals surface area contributed by atoms with Gasteiger partial charge in [-0.1, -0.05) is 12.1 Å². The van der Waals surface area contributed by atoms with E-state index in [9.17, 15) is 4.79 Å². The topological polar surface area (TPSA) is 39.2 Å². The van der Waals surface area contributed by atoms with Crippen molar-refractivity contribution < 1.29 is 9.53 Å². The van der Waals surface area contributed by atoms with E-state index in [2.05, 4.69) is 4.98 Å². The molecular weight excluding hydrogens is 238 g/mol. The highest BCUT2D eigenvalue weighted by atomic mass is 16.5. The van der Waals surface area contributed by atoms with Gasteiger partial charge in [-0.15, -0.1) is 0 Å². The predicted octanol–water partition coefficient (Wildman–Crippen LogP) is 3.38. The van der Waals surface area contributed by atoms with Crippen LogP contribution in [0.2, 0.25) is 0 Å². The third-order valence-electron chi connectivity index (χ3n) is 3.34. The fourth-order valence-electron chi connectivity index (χ4n) is 2.05. The Balaban J connectivity index is 2.45. The van der Waals surface area contributed by atoms with Gasteiger partial charge in [0.1, 0.15) is 0 Å². The number of benzene rings is 1. The quantitative estimate of drug-likeness (QED) is 0.791. The number of nitrogens with zero attached hydrogens (tertiary/aromatic N) is 1. The Labute approximate surface area is 113 Å². The molecule has 0 aliphatic heterocycles. The molecule has 0 saturated heterocycles. The number of aromatic nitrogens is 1. The highest BCUT2D eigenvalue weighted by molar-refractivity contribution is 5.86. The zero-order valence-electron chi connectivity index (χ0n) is 11.9. The summed E-state index contributed by atoms with van der Waals surface area (Å²) in [5.74, 6) is -0.200. The summed E-state index contributed by atoms with van der Waals surface area (Å²) in [7, 11) is 0. The molecule has 0 radical (unpaired) electrons. The number of carbonyl (C=O) groups excluding carboxylic acids is 1. The first-order valence-corrected chi connectivity index (χ1v) is 6.50. The van der Waals surface area contributed by atoms with Crippen LogP contribution in [0, 0.1) is 6.92 Å². The number of hydrogen-bond donors (Lipinski definition) is 0. The van der Waals surface area contributed by atoms with Crippen LogP contribution >= 0.6 is 0 Å². The molecule has 0 unspecified atom stereocenters. The molecule has 0 bridgehead atoms. The third kappa shape index (κ3) is 2.60. The molecule has 2 aromatic rings. The van der Waals surface area contributed by atoms with Crippen molar-refractivity contribution in [1.82, 2.24) is 4.98 Å². The summed E-state index contributed by atoms with van der Waals surface area (Å²) in [6, 6.07) is 9.93. The molecule has 1 aromatic heterocycles. The molecule has 0 aliphatic rings. The third-order valence-corrected chi connectivity index (χ3v) is 3.34. The van der Waals surface area contributed by atoms with Crippen LogP contribution in [0.25, 0.3) is 10.9 Å². The van der Waals surface area contributed by atoms with E-state index in [1.54, 1.807) is 0 Å². The molecule has 0 spiro atoms. The van der Waals surface area contributed by atoms with Crippen LogP contribution in [-0.2, 0) is 14.9 Å². The second kappa shape index (κ2) is 5.00. The predicted molar refractivity (Wildman–Crippen MR) is 76.1 cm³/mol. The lowest BCUT2D eigenvalue weighted by atomic mass is 9.84. The molecule has 0 atom stereocenters. The average molecular weight is 257 g/mol. The summed E-state index contributed by atoms with van der Waals surface area (Å²) in [5, 5.41) is 1.04. The van der Waals surface area contributed by atoms with E-state index in [0.29, 0.717) is 6.61 Å². The SMILES string of the molecule is CCOC(=O)C(C)(C)c1ccc2nc(C)ccc2c1. The molecule has 1 heterocycles. The van der Waals surface area contributed by atoms with Gasteiger partial charge < -0.3 is 4.74 Å². The second-order valence-electron chi connectivity index (χ2n) is 5.21. The van der Waals surface area contributed by atoms with Crippen molar-refractivity contribution in [3.05, 3.63) is 41.6 Å². The maximum Gasteiger partial charge on any atom is 0.315 e. The van der Waals surface area contributed by atoms with Crippen molar-refractivity contribution in [2.45, 2.75) is 33.1 Å². The van der Waals surface area contributed by atoms with Crippen LogP contribution in [-0.4, -0.2) is 17.6 Å².